The van der Waals surface area contributed by atoms with Crippen molar-refractivity contribution in [1.29, 1.82) is 0 Å². The van der Waals surface area contributed by atoms with E-state index in [4.69, 9.17) is 47.4 Å². The monoisotopic (exact) mass is 1550 g/mol. The second-order valence-electron chi connectivity index (χ2n) is 25.4. The number of carbonyl (C=O) groups is 12. The van der Waals surface area contributed by atoms with Gasteiger partial charge in [-0.15, -0.1) is 0 Å². The van der Waals surface area contributed by atoms with Crippen molar-refractivity contribution in [2.24, 2.45) is 0 Å². The summed E-state index contributed by atoms with van der Waals surface area (Å²) in [5, 5.41) is 5.20. The van der Waals surface area contributed by atoms with Gasteiger partial charge in [0, 0.05) is 38.9 Å². The van der Waals surface area contributed by atoms with Crippen molar-refractivity contribution >= 4 is 71.5 Å². The lowest BCUT2D eigenvalue weighted by Gasteiger charge is -2.26. The Morgan fingerprint density at radius 1 is 0.292 bits per heavy atom. The molecule has 592 valence electrons. The molecule has 0 aliphatic rings. The number of ether oxygens (including phenoxy) is 10. The fourth-order valence-corrected chi connectivity index (χ4v) is 10.9. The fraction of sp³-hybridized carbons (Fsp3) is 0.313. The Morgan fingerprint density at radius 2 is 0.540 bits per heavy atom. The fourth-order valence-electron chi connectivity index (χ4n) is 10.9. The Hall–Kier alpha value is -13.4. The van der Waals surface area contributed by atoms with E-state index in [0.29, 0.717) is 35.1 Å². The van der Waals surface area contributed by atoms with Crippen molar-refractivity contribution in [2.45, 2.75) is 153 Å². The molecule has 113 heavy (non-hydrogen) atoms. The number of unbranched alkanes of at least 4 members (excludes halogenated alkanes) is 7. The highest BCUT2D eigenvalue weighted by Crippen LogP contribution is 2.22. The number of aromatic nitrogens is 3. The predicted octanol–water partition coefficient (Wildman–Crippen LogP) is 7.91. The predicted molar refractivity (Wildman–Crippen MR) is 400 cm³/mol. The molecule has 0 radical (unpaired) electrons. The molecule has 4 N–H and O–H groups in total. The Labute approximate surface area is 647 Å². The van der Waals surface area contributed by atoms with Gasteiger partial charge in [-0.05, 0) is 97.2 Å². The molecule has 30 heteroatoms. The van der Waals surface area contributed by atoms with Gasteiger partial charge in [0.25, 0.3) is 11.8 Å². The molecule has 0 unspecified atom stereocenters. The van der Waals surface area contributed by atoms with Crippen LogP contribution in [0.4, 0.5) is 0 Å². The van der Waals surface area contributed by atoms with Gasteiger partial charge in [0.05, 0.1) is 16.7 Å². The van der Waals surface area contributed by atoms with Crippen molar-refractivity contribution in [2.75, 3.05) is 13.1 Å². The van der Waals surface area contributed by atoms with Crippen molar-refractivity contribution in [3.05, 3.63) is 283 Å². The molecular weight excluding hydrogens is 1470 g/mol. The highest BCUT2D eigenvalue weighted by molar-refractivity contribution is 5.98. The summed E-state index contributed by atoms with van der Waals surface area (Å²) in [6, 6.07) is 56.1. The molecule has 7 aromatic carbocycles. The first kappa shape index (κ1) is 85.2. The molecule has 8 aromatic rings. The summed E-state index contributed by atoms with van der Waals surface area (Å²) >= 11 is 0. The lowest BCUT2D eigenvalue weighted by molar-refractivity contribution is -0.185. The first-order valence-electron chi connectivity index (χ1n) is 36.5. The summed E-state index contributed by atoms with van der Waals surface area (Å²) in [4.78, 5) is 207. The van der Waals surface area contributed by atoms with Gasteiger partial charge in [-0.2, -0.15) is 0 Å². The largest absolute Gasteiger partial charge is 0.458 e. The van der Waals surface area contributed by atoms with Crippen LogP contribution < -0.4 is 27.7 Å². The first-order chi connectivity index (χ1) is 54.8. The van der Waals surface area contributed by atoms with Gasteiger partial charge in [-0.25, -0.2) is 52.5 Å². The maximum absolute atomic E-state index is 14.5. The minimum absolute atomic E-state index is 0.00838. The molecule has 30 nitrogen and oxygen atoms in total. The molecule has 2 amide bonds. The molecule has 1 aromatic heterocycles. The maximum atomic E-state index is 14.5. The second kappa shape index (κ2) is 46.2. The van der Waals surface area contributed by atoms with Crippen LogP contribution in [0.25, 0.3) is 0 Å². The number of aromatic amines is 2. The van der Waals surface area contributed by atoms with Crippen LogP contribution in [0.15, 0.2) is 227 Å². The molecule has 0 aliphatic heterocycles. The zero-order chi connectivity index (χ0) is 80.5. The van der Waals surface area contributed by atoms with Crippen molar-refractivity contribution in [1.82, 2.24) is 25.2 Å². The van der Waals surface area contributed by atoms with E-state index in [0.717, 1.165) is 4.57 Å². The van der Waals surface area contributed by atoms with Gasteiger partial charge in [0.15, 0.2) is 0 Å². The Morgan fingerprint density at radius 3 is 0.850 bits per heavy atom. The van der Waals surface area contributed by atoms with Crippen LogP contribution in [0.5, 0.6) is 0 Å². The van der Waals surface area contributed by atoms with Crippen molar-refractivity contribution < 1.29 is 105 Å². The SMILES string of the molecule is O=C(CCCCCCn1c(=O)[nH]c(=O)[nH]c1=O)O[C@@H](C(=O)NCCCCCC(=O)O[C@@H](C(=O)OCc1ccccc1)[C@@H](OC(=O)c1ccccc1)C(=O)OCc1ccccc1)[C@@H](OC(=O)c1ccccc1)C(=O)NCCCCCC(=O)O[C@@H](C(=O)OCc1ccccc1)[C@@H](OC(=O)c1ccccc1)C(=O)OCc1ccccc1. The minimum atomic E-state index is -2.18. The number of carbonyl (C=O) groups excluding carboxylic acids is 12. The van der Waals surface area contributed by atoms with E-state index in [1.54, 1.807) is 140 Å². The van der Waals surface area contributed by atoms with Gasteiger partial charge in [-0.3, -0.25) is 33.9 Å². The lowest BCUT2D eigenvalue weighted by Crippen LogP contribution is -2.53. The number of nitrogens with zero attached hydrogens (tertiary/aromatic N) is 1. The quantitative estimate of drug-likeness (QED) is 0.0160. The van der Waals surface area contributed by atoms with Crippen molar-refractivity contribution in [3.8, 4) is 0 Å². The molecule has 6 atom stereocenters. The van der Waals surface area contributed by atoms with Crippen LogP contribution in [-0.2, 0) is 123 Å². The summed E-state index contributed by atoms with van der Waals surface area (Å²) in [6.07, 6.45) is -12.6. The number of hydrogen-bond acceptors (Lipinski definition) is 25. The highest BCUT2D eigenvalue weighted by atomic mass is 16.7. The summed E-state index contributed by atoms with van der Waals surface area (Å²) in [5.41, 5.74) is -0.739. The molecule has 0 aliphatic carbocycles. The van der Waals surface area contributed by atoms with Crippen LogP contribution in [0.1, 0.15) is 137 Å². The maximum Gasteiger partial charge on any atom is 0.352 e. The van der Waals surface area contributed by atoms with Crippen LogP contribution in [0.3, 0.4) is 0 Å². The second-order valence-corrected chi connectivity index (χ2v) is 25.4. The molecular formula is C83H85N5O25. The summed E-state index contributed by atoms with van der Waals surface area (Å²) in [7, 11) is 0. The Kier molecular flexibility index (Phi) is 34.8. The molecule has 0 saturated heterocycles. The Bertz CT molecular complexity index is 4590. The van der Waals surface area contributed by atoms with Gasteiger partial charge < -0.3 is 58.0 Å². The van der Waals surface area contributed by atoms with Crippen LogP contribution >= 0.6 is 0 Å². The Balaban J connectivity index is 0.930. The van der Waals surface area contributed by atoms with Gasteiger partial charge in [0.2, 0.25) is 36.6 Å². The molecule has 0 saturated carbocycles. The molecule has 1 heterocycles. The standard InChI is InChI=1S/C83H85N5O25/c89-63(46-26-1-2-31-51-88-82(102)86-81(101)87-83(88)103)108-66(72(92)84-49-29-10-27-47-64(90)109-68(77(97)104-52-56-32-12-3-13-33-56)70(112-75(95)61-42-22-8-23-43-61)79(99)106-54-58-36-16-5-17-37-58)67(111-74(94)60-40-20-7-21-41-60)73(93)85-50-30-11-28-48-65(91)110-69(78(98)105-53-57-34-14-4-15-35-57)71(113-76(96)62-44-24-9-25-45-62)80(100)107-55-59-38-18-6-19-39-59/h3-9,12-25,32-45,66-71H,1-2,10-11,26-31,46-55H2,(H,84,92)(H,85,93)(H2,86,87,101,102,103)/t66-,67-,68-,69-,70-,71-/m1/s1. The average Bonchev–Trinajstić information content (AvgIpc) is 0.834. The van der Waals surface area contributed by atoms with Gasteiger partial charge in [0.1, 0.15) is 26.4 Å². The number of hydrogen-bond donors (Lipinski definition) is 4. The summed E-state index contributed by atoms with van der Waals surface area (Å²) < 4.78 is 56.8. The number of esters is 10. The van der Waals surface area contributed by atoms with E-state index in [-0.39, 0.29) is 121 Å². The zero-order valence-electron chi connectivity index (χ0n) is 61.5. The third-order valence-electron chi connectivity index (χ3n) is 16.8. The van der Waals surface area contributed by atoms with E-state index in [9.17, 15) is 71.9 Å². The normalized spacial score (nSPS) is 12.4. The van der Waals surface area contributed by atoms with Gasteiger partial charge in [-0.1, -0.05) is 202 Å². The smallest absolute Gasteiger partial charge is 0.352 e. The minimum Gasteiger partial charge on any atom is -0.458 e. The highest BCUT2D eigenvalue weighted by Gasteiger charge is 2.45. The third-order valence-corrected chi connectivity index (χ3v) is 16.8. The number of H-pyrrole nitrogens is 2. The van der Waals surface area contributed by atoms with Crippen LogP contribution in [0, 0.1) is 0 Å². The van der Waals surface area contributed by atoms with E-state index in [1.807, 2.05) is 9.97 Å². The number of nitrogens with one attached hydrogen (secondary N) is 4. The van der Waals surface area contributed by atoms with E-state index in [1.165, 1.54) is 72.8 Å². The van der Waals surface area contributed by atoms with Crippen LogP contribution in [0.2, 0.25) is 0 Å². The first-order valence-corrected chi connectivity index (χ1v) is 36.5. The van der Waals surface area contributed by atoms with E-state index < -0.39 is 138 Å². The summed E-state index contributed by atoms with van der Waals surface area (Å²) in [6.45, 7) is -1.79. The number of amides is 2. The molecule has 8 rings (SSSR count). The number of rotatable bonds is 45. The van der Waals surface area contributed by atoms with E-state index in [2.05, 4.69) is 10.6 Å². The van der Waals surface area contributed by atoms with Crippen molar-refractivity contribution in [3.63, 3.8) is 0 Å². The molecule has 0 bridgehead atoms. The van der Waals surface area contributed by atoms with Gasteiger partial charge >= 0.3 is 76.8 Å². The van der Waals surface area contributed by atoms with Crippen LogP contribution in [-0.4, -0.2) is 136 Å². The topological polar surface area (TPSA) is 409 Å². The lowest BCUT2D eigenvalue weighted by atomic mass is 10.1. The average molecular weight is 1550 g/mol. The zero-order valence-corrected chi connectivity index (χ0v) is 61.5. The molecule has 0 spiro atoms. The summed E-state index contributed by atoms with van der Waals surface area (Å²) in [5.74, 6) is -13.5. The van der Waals surface area contributed by atoms with E-state index >= 15 is 0 Å². The number of benzene rings is 7. The molecule has 0 fully saturated rings. The third kappa shape index (κ3) is 29.2.